The number of rotatable bonds is 8. The monoisotopic (exact) mass is 461 g/mol. The molecule has 0 aliphatic rings. The summed E-state index contributed by atoms with van der Waals surface area (Å²) in [6.07, 6.45) is 1.51. The van der Waals surface area contributed by atoms with Crippen molar-refractivity contribution in [2.24, 2.45) is 5.10 Å². The van der Waals surface area contributed by atoms with E-state index in [9.17, 15) is 13.2 Å². The Labute approximate surface area is 184 Å². The first-order chi connectivity index (χ1) is 14.3. The van der Waals surface area contributed by atoms with Gasteiger partial charge in [0, 0.05) is 16.4 Å². The maximum atomic E-state index is 13.2. The second-order valence-electron chi connectivity index (χ2n) is 6.52. The number of amides is 1. The second-order valence-corrected chi connectivity index (χ2v) is 9.88. The number of halogens is 1. The van der Waals surface area contributed by atoms with Gasteiger partial charge in [-0.15, -0.1) is 11.3 Å². The van der Waals surface area contributed by atoms with Gasteiger partial charge in [0.15, 0.2) is 0 Å². The predicted octanol–water partition coefficient (Wildman–Crippen LogP) is 4.05. The minimum Gasteiger partial charge on any atom is -0.272 e. The highest BCUT2D eigenvalue weighted by Crippen LogP contribution is 2.20. The van der Waals surface area contributed by atoms with Crippen LogP contribution in [-0.2, 0) is 21.4 Å². The number of carbonyl (C=O) groups excluding carboxylic acids is 1. The maximum Gasteiger partial charge on any atom is 0.255 e. The fraction of sp³-hybridized carbons (Fsp3) is 0.143. The zero-order valence-corrected chi connectivity index (χ0v) is 18.5. The fourth-order valence-electron chi connectivity index (χ4n) is 2.65. The van der Waals surface area contributed by atoms with Gasteiger partial charge in [-0.2, -0.15) is 9.41 Å². The third-order valence-electron chi connectivity index (χ3n) is 4.15. The van der Waals surface area contributed by atoms with Gasteiger partial charge in [-0.05, 0) is 48.2 Å². The molecule has 0 fully saturated rings. The van der Waals surface area contributed by atoms with Gasteiger partial charge in [0.1, 0.15) is 0 Å². The van der Waals surface area contributed by atoms with E-state index in [2.05, 4.69) is 10.5 Å². The van der Waals surface area contributed by atoms with Gasteiger partial charge in [0.2, 0.25) is 10.0 Å². The summed E-state index contributed by atoms with van der Waals surface area (Å²) in [5, 5.41) is 6.28. The van der Waals surface area contributed by atoms with E-state index < -0.39 is 15.9 Å². The standard InChI is InChI=1S/C21H20ClN3O3S2/c1-16-7-9-20(10-8-16)30(27,28)25(14-17-4-2-5-18(22)12-17)15-21(26)24-23-13-19-6-3-11-29-19/h2-13H,14-15H2,1H3,(H,24,26)/b23-13-. The number of nitrogens with one attached hydrogen (secondary N) is 1. The molecule has 30 heavy (non-hydrogen) atoms. The highest BCUT2D eigenvalue weighted by Gasteiger charge is 2.27. The first kappa shape index (κ1) is 22.2. The molecular formula is C21H20ClN3O3S2. The molecule has 3 aromatic rings. The van der Waals surface area contributed by atoms with Crippen molar-refractivity contribution >= 4 is 45.1 Å². The SMILES string of the molecule is Cc1ccc(S(=O)(=O)N(CC(=O)N/N=C\c2cccs2)Cc2cccc(Cl)c2)cc1. The van der Waals surface area contributed by atoms with Crippen LogP contribution in [0, 0.1) is 6.92 Å². The van der Waals surface area contributed by atoms with E-state index in [-0.39, 0.29) is 18.0 Å². The molecule has 156 valence electrons. The van der Waals surface area contributed by atoms with Crippen LogP contribution in [-0.4, -0.2) is 31.4 Å². The quantitative estimate of drug-likeness (QED) is 0.406. The molecule has 1 N–H and O–H groups in total. The summed E-state index contributed by atoms with van der Waals surface area (Å²) >= 11 is 7.51. The number of carbonyl (C=O) groups is 1. The third-order valence-corrected chi connectivity index (χ3v) is 7.00. The van der Waals surface area contributed by atoms with Gasteiger partial charge < -0.3 is 0 Å². The van der Waals surface area contributed by atoms with Gasteiger partial charge in [0.25, 0.3) is 5.91 Å². The number of hydrogen-bond donors (Lipinski definition) is 1. The van der Waals surface area contributed by atoms with E-state index in [4.69, 9.17) is 11.6 Å². The van der Waals surface area contributed by atoms with E-state index >= 15 is 0 Å². The van der Waals surface area contributed by atoms with Gasteiger partial charge in [-0.25, -0.2) is 13.8 Å². The van der Waals surface area contributed by atoms with Crippen LogP contribution < -0.4 is 5.43 Å². The Morgan fingerprint density at radius 3 is 2.60 bits per heavy atom. The molecule has 1 aromatic heterocycles. The summed E-state index contributed by atoms with van der Waals surface area (Å²) in [6, 6.07) is 17.1. The van der Waals surface area contributed by atoms with Crippen molar-refractivity contribution < 1.29 is 13.2 Å². The number of benzene rings is 2. The van der Waals surface area contributed by atoms with E-state index in [1.807, 2.05) is 24.4 Å². The summed E-state index contributed by atoms with van der Waals surface area (Å²) in [5.41, 5.74) is 4.00. The van der Waals surface area contributed by atoms with Crippen molar-refractivity contribution in [1.29, 1.82) is 0 Å². The molecular weight excluding hydrogens is 442 g/mol. The summed E-state index contributed by atoms with van der Waals surface area (Å²) in [5.74, 6) is -0.541. The Balaban J connectivity index is 1.81. The zero-order valence-electron chi connectivity index (χ0n) is 16.2. The Morgan fingerprint density at radius 1 is 1.17 bits per heavy atom. The van der Waals surface area contributed by atoms with Crippen LogP contribution in [0.2, 0.25) is 5.02 Å². The molecule has 3 rings (SSSR count). The maximum absolute atomic E-state index is 13.2. The number of nitrogens with zero attached hydrogens (tertiary/aromatic N) is 2. The lowest BCUT2D eigenvalue weighted by molar-refractivity contribution is -0.121. The van der Waals surface area contributed by atoms with Crippen LogP contribution in [0.25, 0.3) is 0 Å². The Kier molecular flexibility index (Phi) is 7.38. The number of hydrogen-bond acceptors (Lipinski definition) is 5. The van der Waals surface area contributed by atoms with Crippen LogP contribution in [0.4, 0.5) is 0 Å². The van der Waals surface area contributed by atoms with E-state index in [0.29, 0.717) is 10.6 Å². The van der Waals surface area contributed by atoms with Crippen LogP contribution in [0.3, 0.4) is 0 Å². The molecule has 1 amide bonds. The Hall–Kier alpha value is -2.52. The van der Waals surface area contributed by atoms with Gasteiger partial charge in [-0.1, -0.05) is 47.5 Å². The predicted molar refractivity (Wildman–Crippen MR) is 120 cm³/mol. The summed E-state index contributed by atoms with van der Waals surface area (Å²) in [7, 11) is -3.91. The Morgan fingerprint density at radius 2 is 1.93 bits per heavy atom. The highest BCUT2D eigenvalue weighted by atomic mass is 35.5. The molecule has 1 heterocycles. The van der Waals surface area contributed by atoms with Crippen LogP contribution in [0.5, 0.6) is 0 Å². The van der Waals surface area contributed by atoms with Crippen molar-refractivity contribution in [1.82, 2.24) is 9.73 Å². The van der Waals surface area contributed by atoms with E-state index in [0.717, 1.165) is 14.7 Å². The third kappa shape index (κ3) is 5.99. The van der Waals surface area contributed by atoms with E-state index in [1.54, 1.807) is 36.4 Å². The molecule has 0 saturated heterocycles. The molecule has 9 heteroatoms. The number of hydrazone groups is 1. The van der Waals surface area contributed by atoms with E-state index in [1.165, 1.54) is 29.7 Å². The smallest absolute Gasteiger partial charge is 0.255 e. The minimum atomic E-state index is -3.91. The van der Waals surface area contributed by atoms with Crippen LogP contribution >= 0.6 is 22.9 Å². The zero-order chi connectivity index (χ0) is 21.6. The lowest BCUT2D eigenvalue weighted by Crippen LogP contribution is -2.39. The molecule has 2 aromatic carbocycles. The molecule has 0 saturated carbocycles. The highest BCUT2D eigenvalue weighted by molar-refractivity contribution is 7.89. The molecule has 6 nitrogen and oxygen atoms in total. The lowest BCUT2D eigenvalue weighted by atomic mass is 10.2. The van der Waals surface area contributed by atoms with Crippen LogP contribution in [0.1, 0.15) is 16.0 Å². The molecule has 0 unspecified atom stereocenters. The average Bonchev–Trinajstić information content (AvgIpc) is 3.21. The van der Waals surface area contributed by atoms with Crippen LogP contribution in [0.15, 0.2) is 76.0 Å². The summed E-state index contributed by atoms with van der Waals surface area (Å²) in [6.45, 7) is 1.49. The van der Waals surface area contributed by atoms with Crippen molar-refractivity contribution in [3.8, 4) is 0 Å². The largest absolute Gasteiger partial charge is 0.272 e. The molecule has 0 aliphatic carbocycles. The first-order valence-corrected chi connectivity index (χ1v) is 11.7. The molecule has 0 spiro atoms. The van der Waals surface area contributed by atoms with Gasteiger partial charge in [0.05, 0.1) is 17.7 Å². The topological polar surface area (TPSA) is 78.8 Å². The fourth-order valence-corrected chi connectivity index (χ4v) is 4.83. The molecule has 0 bridgehead atoms. The summed E-state index contributed by atoms with van der Waals surface area (Å²) < 4.78 is 27.5. The number of thiophene rings is 1. The normalized spacial score (nSPS) is 11.8. The van der Waals surface area contributed by atoms with Crippen molar-refractivity contribution in [3.63, 3.8) is 0 Å². The first-order valence-electron chi connectivity index (χ1n) is 9.01. The molecule has 0 atom stereocenters. The molecule has 0 aliphatic heterocycles. The molecule has 0 radical (unpaired) electrons. The Bertz CT molecular complexity index is 1130. The number of sulfonamides is 1. The average molecular weight is 462 g/mol. The number of aryl methyl sites for hydroxylation is 1. The van der Waals surface area contributed by atoms with Crippen molar-refractivity contribution in [2.75, 3.05) is 6.54 Å². The minimum absolute atomic E-state index is 0.00116. The lowest BCUT2D eigenvalue weighted by Gasteiger charge is -2.21. The van der Waals surface area contributed by atoms with Crippen molar-refractivity contribution in [2.45, 2.75) is 18.4 Å². The van der Waals surface area contributed by atoms with Crippen molar-refractivity contribution in [3.05, 3.63) is 87.1 Å². The summed E-state index contributed by atoms with van der Waals surface area (Å²) in [4.78, 5) is 13.4. The van der Waals surface area contributed by atoms with Gasteiger partial charge >= 0.3 is 0 Å². The second kappa shape index (κ2) is 9.99. The van der Waals surface area contributed by atoms with Gasteiger partial charge in [-0.3, -0.25) is 4.79 Å².